The van der Waals surface area contributed by atoms with Gasteiger partial charge in [-0.25, -0.2) is 0 Å². The molecule has 1 aliphatic rings. The van der Waals surface area contributed by atoms with Crippen molar-refractivity contribution in [3.63, 3.8) is 0 Å². The molecule has 0 saturated heterocycles. The Labute approximate surface area is 133 Å². The number of rotatable bonds is 2. The highest BCUT2D eigenvalue weighted by molar-refractivity contribution is 6.21. The first-order valence-corrected chi connectivity index (χ1v) is 8.26. The van der Waals surface area contributed by atoms with Crippen LogP contribution in [0.15, 0.2) is 24.3 Å². The van der Waals surface area contributed by atoms with Gasteiger partial charge in [0.25, 0.3) is 5.91 Å². The Morgan fingerprint density at radius 1 is 1.19 bits per heavy atom. The molecule has 0 N–H and O–H groups in total. The fourth-order valence-corrected chi connectivity index (χ4v) is 3.62. The summed E-state index contributed by atoms with van der Waals surface area (Å²) < 4.78 is 0. The van der Waals surface area contributed by atoms with Crippen LogP contribution in [0.2, 0.25) is 0 Å². The monoisotopic (exact) mass is 307 g/mol. The molecular weight excluding hydrogens is 282 g/mol. The zero-order valence-electron chi connectivity index (χ0n) is 13.5. The van der Waals surface area contributed by atoms with Crippen LogP contribution >= 0.6 is 11.6 Å². The third kappa shape index (κ3) is 3.60. The van der Waals surface area contributed by atoms with Crippen molar-refractivity contribution in [1.29, 1.82) is 0 Å². The predicted molar refractivity (Wildman–Crippen MR) is 89.1 cm³/mol. The molecule has 2 nitrogen and oxygen atoms in total. The lowest BCUT2D eigenvalue weighted by Crippen LogP contribution is -2.44. The Hall–Kier alpha value is -1.02. The number of amides is 1. The van der Waals surface area contributed by atoms with Crippen molar-refractivity contribution in [2.45, 2.75) is 63.3 Å². The van der Waals surface area contributed by atoms with E-state index in [0.717, 1.165) is 30.4 Å². The first-order chi connectivity index (χ1) is 9.82. The Balaban J connectivity index is 2.28. The van der Waals surface area contributed by atoms with Gasteiger partial charge in [-0.2, -0.15) is 0 Å². The van der Waals surface area contributed by atoms with E-state index >= 15 is 0 Å². The molecule has 0 aromatic heterocycles. The van der Waals surface area contributed by atoms with E-state index in [1.165, 1.54) is 6.42 Å². The van der Waals surface area contributed by atoms with E-state index in [1.807, 2.05) is 30.1 Å². The van der Waals surface area contributed by atoms with Crippen molar-refractivity contribution < 1.29 is 4.79 Å². The van der Waals surface area contributed by atoms with Crippen molar-refractivity contribution in [2.75, 3.05) is 7.05 Å². The third-order valence-corrected chi connectivity index (χ3v) is 4.94. The third-order valence-electron chi connectivity index (χ3n) is 4.43. The zero-order valence-corrected chi connectivity index (χ0v) is 14.3. The summed E-state index contributed by atoms with van der Waals surface area (Å²) in [5.74, 6) is 0.0954. The van der Waals surface area contributed by atoms with E-state index in [0.29, 0.717) is 0 Å². The highest BCUT2D eigenvalue weighted by atomic mass is 35.5. The second kappa shape index (κ2) is 6.39. The van der Waals surface area contributed by atoms with Crippen LogP contribution in [0.1, 0.15) is 62.4 Å². The van der Waals surface area contributed by atoms with Crippen LogP contribution in [0, 0.1) is 0 Å². The van der Waals surface area contributed by atoms with Gasteiger partial charge in [-0.3, -0.25) is 4.79 Å². The highest BCUT2D eigenvalue weighted by Crippen LogP contribution is 2.30. The molecule has 1 aliphatic carbocycles. The lowest BCUT2D eigenvalue weighted by Gasteiger charge is -2.36. The van der Waals surface area contributed by atoms with Crippen LogP contribution in [-0.2, 0) is 5.41 Å². The quantitative estimate of drug-likeness (QED) is 0.731. The summed E-state index contributed by atoms with van der Waals surface area (Å²) in [5.41, 5.74) is 1.87. The summed E-state index contributed by atoms with van der Waals surface area (Å²) in [5, 5.41) is 0.0782. The van der Waals surface area contributed by atoms with E-state index in [9.17, 15) is 4.79 Å². The van der Waals surface area contributed by atoms with Gasteiger partial charge in [0.1, 0.15) is 0 Å². The maximum atomic E-state index is 12.9. The lowest BCUT2D eigenvalue weighted by atomic mass is 9.83. The molecule has 21 heavy (non-hydrogen) atoms. The summed E-state index contributed by atoms with van der Waals surface area (Å²) in [6.45, 7) is 6.43. The molecule has 0 radical (unpaired) electrons. The van der Waals surface area contributed by atoms with Crippen LogP contribution in [0.25, 0.3) is 0 Å². The van der Waals surface area contributed by atoms with Crippen LogP contribution in [-0.4, -0.2) is 29.3 Å². The molecule has 3 heteroatoms. The molecule has 1 aromatic carbocycles. The zero-order chi connectivity index (χ0) is 15.6. The molecule has 2 rings (SSSR count). The molecule has 116 valence electrons. The fraction of sp³-hybridized carbons (Fsp3) is 0.611. The van der Waals surface area contributed by atoms with E-state index < -0.39 is 0 Å². The summed E-state index contributed by atoms with van der Waals surface area (Å²) in [6.07, 6.45) is 4.34. The molecule has 1 saturated carbocycles. The summed E-state index contributed by atoms with van der Waals surface area (Å²) in [7, 11) is 1.90. The molecule has 1 fully saturated rings. The number of carbonyl (C=O) groups excluding carboxylic acids is 1. The number of benzene rings is 1. The largest absolute Gasteiger partial charge is 0.337 e. The normalized spacial score (nSPS) is 22.9. The van der Waals surface area contributed by atoms with Gasteiger partial charge in [0.2, 0.25) is 0 Å². The highest BCUT2D eigenvalue weighted by Gasteiger charge is 2.31. The van der Waals surface area contributed by atoms with E-state index in [2.05, 4.69) is 26.8 Å². The van der Waals surface area contributed by atoms with Gasteiger partial charge < -0.3 is 4.90 Å². The van der Waals surface area contributed by atoms with Crippen molar-refractivity contribution in [1.82, 2.24) is 4.90 Å². The van der Waals surface area contributed by atoms with Gasteiger partial charge in [0.15, 0.2) is 0 Å². The van der Waals surface area contributed by atoms with Crippen molar-refractivity contribution in [3.8, 4) is 0 Å². The average Bonchev–Trinajstić information content (AvgIpc) is 2.45. The SMILES string of the molecule is CN(C(=O)c1ccccc1C(C)(C)C)C1CCCCC1Cl. The van der Waals surface area contributed by atoms with Crippen LogP contribution in [0.3, 0.4) is 0 Å². The lowest BCUT2D eigenvalue weighted by molar-refractivity contribution is 0.0698. The number of alkyl halides is 1. The van der Waals surface area contributed by atoms with Gasteiger partial charge >= 0.3 is 0 Å². The summed E-state index contributed by atoms with van der Waals surface area (Å²) in [6, 6.07) is 8.09. The maximum absolute atomic E-state index is 12.9. The predicted octanol–water partition coefficient (Wildman–Crippen LogP) is 4.61. The molecule has 0 heterocycles. The number of hydrogen-bond donors (Lipinski definition) is 0. The Morgan fingerprint density at radius 2 is 1.81 bits per heavy atom. The van der Waals surface area contributed by atoms with Crippen LogP contribution in [0.4, 0.5) is 0 Å². The molecule has 2 atom stereocenters. The van der Waals surface area contributed by atoms with Crippen molar-refractivity contribution >= 4 is 17.5 Å². The fourth-order valence-electron chi connectivity index (χ4n) is 3.17. The number of hydrogen-bond acceptors (Lipinski definition) is 1. The summed E-state index contributed by atoms with van der Waals surface area (Å²) >= 11 is 6.44. The molecule has 0 spiro atoms. The van der Waals surface area contributed by atoms with Crippen molar-refractivity contribution in [3.05, 3.63) is 35.4 Å². The minimum Gasteiger partial charge on any atom is -0.337 e. The standard InChI is InChI=1S/C18H26ClNO/c1-18(2,3)14-10-6-5-9-13(14)17(21)20(4)16-12-8-7-11-15(16)19/h5-6,9-10,15-16H,7-8,11-12H2,1-4H3. The van der Waals surface area contributed by atoms with E-state index in [-0.39, 0.29) is 22.7 Å². The van der Waals surface area contributed by atoms with Gasteiger partial charge in [0.05, 0.1) is 5.38 Å². The summed E-state index contributed by atoms with van der Waals surface area (Å²) in [4.78, 5) is 14.8. The Bertz CT molecular complexity index is 506. The van der Waals surface area contributed by atoms with Gasteiger partial charge in [-0.15, -0.1) is 11.6 Å². The average molecular weight is 308 g/mol. The number of carbonyl (C=O) groups is 1. The minimum atomic E-state index is -0.0416. The molecule has 2 unspecified atom stereocenters. The molecule has 1 aromatic rings. The molecule has 0 bridgehead atoms. The topological polar surface area (TPSA) is 20.3 Å². The smallest absolute Gasteiger partial charge is 0.254 e. The van der Waals surface area contributed by atoms with Gasteiger partial charge in [-0.1, -0.05) is 51.8 Å². The van der Waals surface area contributed by atoms with E-state index in [4.69, 9.17) is 11.6 Å². The Morgan fingerprint density at radius 3 is 2.43 bits per heavy atom. The van der Waals surface area contributed by atoms with E-state index in [1.54, 1.807) is 0 Å². The molecule has 1 amide bonds. The van der Waals surface area contributed by atoms with Crippen LogP contribution in [0.5, 0.6) is 0 Å². The van der Waals surface area contributed by atoms with Crippen molar-refractivity contribution in [2.24, 2.45) is 0 Å². The number of nitrogens with zero attached hydrogens (tertiary/aromatic N) is 1. The second-order valence-electron chi connectivity index (χ2n) is 7.08. The first-order valence-electron chi connectivity index (χ1n) is 7.83. The maximum Gasteiger partial charge on any atom is 0.254 e. The molecular formula is C18H26ClNO. The first kappa shape index (κ1) is 16.4. The second-order valence-corrected chi connectivity index (χ2v) is 7.64. The van der Waals surface area contributed by atoms with Gasteiger partial charge in [-0.05, 0) is 29.9 Å². The van der Waals surface area contributed by atoms with Crippen LogP contribution < -0.4 is 0 Å². The minimum absolute atomic E-state index is 0.0416. The Kier molecular flexibility index (Phi) is 4.98. The number of halogens is 1. The van der Waals surface area contributed by atoms with Gasteiger partial charge in [0, 0.05) is 18.7 Å². The molecule has 0 aliphatic heterocycles.